The number of nitrogens with zero attached hydrogens (tertiary/aromatic N) is 5. The lowest BCUT2D eigenvalue weighted by Gasteiger charge is -2.20. The molecular weight excluding hydrogens is 442 g/mol. The Morgan fingerprint density at radius 3 is 2.46 bits per heavy atom. The molecule has 2 aromatic heterocycles. The van der Waals surface area contributed by atoms with Gasteiger partial charge < -0.3 is 15.5 Å². The van der Waals surface area contributed by atoms with Crippen molar-refractivity contribution in [2.45, 2.75) is 33.7 Å². The maximum atomic E-state index is 12.6. The number of nitrogens with one attached hydrogen (secondary N) is 2. The summed E-state index contributed by atoms with van der Waals surface area (Å²) in [6.07, 6.45) is 1.64. The molecule has 1 amide bonds. The van der Waals surface area contributed by atoms with Crippen LogP contribution in [-0.2, 0) is 11.3 Å². The lowest BCUT2D eigenvalue weighted by atomic mass is 10.2. The summed E-state index contributed by atoms with van der Waals surface area (Å²) in [6, 6.07) is 16.5. The number of aryl methyl sites for hydroxylation is 2. The summed E-state index contributed by atoms with van der Waals surface area (Å²) in [4.78, 5) is 40.6. The van der Waals surface area contributed by atoms with Crippen molar-refractivity contribution in [3.05, 3.63) is 77.0 Å². The first kappa shape index (κ1) is 23.9. The van der Waals surface area contributed by atoms with Crippen molar-refractivity contribution < 1.29 is 4.79 Å². The zero-order chi connectivity index (χ0) is 24.8. The molecule has 9 nitrogen and oxygen atoms in total. The Morgan fingerprint density at radius 1 is 1.00 bits per heavy atom. The Hall–Kier alpha value is -4.27. The number of hydrogen-bond donors (Lipinski definition) is 2. The van der Waals surface area contributed by atoms with Crippen LogP contribution >= 0.6 is 0 Å². The largest absolute Gasteiger partial charge is 0.357 e. The Labute approximate surface area is 203 Å². The van der Waals surface area contributed by atoms with Crippen molar-refractivity contribution in [3.8, 4) is 0 Å². The predicted molar refractivity (Wildman–Crippen MR) is 139 cm³/mol. The van der Waals surface area contributed by atoms with E-state index < -0.39 is 0 Å². The van der Waals surface area contributed by atoms with Crippen LogP contribution in [-0.4, -0.2) is 38.5 Å². The van der Waals surface area contributed by atoms with Gasteiger partial charge in [0.05, 0.1) is 17.2 Å². The molecule has 180 valence electrons. The van der Waals surface area contributed by atoms with Gasteiger partial charge in [0.15, 0.2) is 0 Å². The number of amides is 1. The van der Waals surface area contributed by atoms with Gasteiger partial charge in [0, 0.05) is 49.2 Å². The number of fused-ring (bicyclic) bond motifs is 1. The maximum Gasteiger partial charge on any atom is 0.261 e. The van der Waals surface area contributed by atoms with Crippen molar-refractivity contribution in [2.75, 3.05) is 28.6 Å². The van der Waals surface area contributed by atoms with Gasteiger partial charge in [-0.1, -0.05) is 12.1 Å². The second kappa shape index (κ2) is 10.8. The quantitative estimate of drug-likeness (QED) is 0.378. The van der Waals surface area contributed by atoms with E-state index in [1.807, 2.05) is 43.3 Å². The van der Waals surface area contributed by atoms with E-state index in [1.165, 1.54) is 10.9 Å². The van der Waals surface area contributed by atoms with Crippen LogP contribution < -0.4 is 21.1 Å². The highest BCUT2D eigenvalue weighted by Gasteiger charge is 2.09. The Morgan fingerprint density at radius 2 is 1.71 bits per heavy atom. The lowest BCUT2D eigenvalue weighted by Crippen LogP contribution is -2.23. The van der Waals surface area contributed by atoms with E-state index in [2.05, 4.69) is 44.3 Å². The smallest absolute Gasteiger partial charge is 0.261 e. The van der Waals surface area contributed by atoms with Gasteiger partial charge in [0.25, 0.3) is 5.56 Å². The number of benzene rings is 2. The van der Waals surface area contributed by atoms with Gasteiger partial charge in [0.2, 0.25) is 11.9 Å². The molecule has 0 saturated carbocycles. The summed E-state index contributed by atoms with van der Waals surface area (Å²) >= 11 is 0. The SMILES string of the molecule is CCN(CC)c1cc(C)nc(Nc2ccc(NC(=O)CCn3cnc4ccccc4c3=O)cc2)n1. The summed E-state index contributed by atoms with van der Waals surface area (Å²) in [5.41, 5.74) is 2.86. The highest BCUT2D eigenvalue weighted by molar-refractivity contribution is 5.90. The summed E-state index contributed by atoms with van der Waals surface area (Å²) in [7, 11) is 0. The number of rotatable bonds is 9. The van der Waals surface area contributed by atoms with E-state index in [0.717, 1.165) is 30.3 Å². The topological polar surface area (TPSA) is 105 Å². The molecule has 35 heavy (non-hydrogen) atoms. The van der Waals surface area contributed by atoms with E-state index in [1.54, 1.807) is 18.2 Å². The molecule has 0 aliphatic heterocycles. The Balaban J connectivity index is 1.36. The minimum atomic E-state index is -0.184. The van der Waals surface area contributed by atoms with Gasteiger partial charge in [-0.25, -0.2) is 9.97 Å². The average molecular weight is 472 g/mol. The molecule has 4 rings (SSSR count). The first-order valence-electron chi connectivity index (χ1n) is 11.7. The molecule has 0 unspecified atom stereocenters. The number of hydrogen-bond acceptors (Lipinski definition) is 7. The van der Waals surface area contributed by atoms with Crippen LogP contribution in [0, 0.1) is 6.92 Å². The van der Waals surface area contributed by atoms with Gasteiger partial charge in [-0.2, -0.15) is 4.98 Å². The van der Waals surface area contributed by atoms with Gasteiger partial charge in [-0.15, -0.1) is 0 Å². The molecule has 9 heteroatoms. The number of anilines is 4. The Kier molecular flexibility index (Phi) is 7.35. The van der Waals surface area contributed by atoms with E-state index in [-0.39, 0.29) is 24.4 Å². The zero-order valence-electron chi connectivity index (χ0n) is 20.2. The van der Waals surface area contributed by atoms with Gasteiger partial charge in [-0.3, -0.25) is 14.2 Å². The molecule has 4 aromatic rings. The fourth-order valence-electron chi connectivity index (χ4n) is 3.79. The molecule has 0 aliphatic rings. The minimum absolute atomic E-state index is 0.152. The molecule has 2 aromatic carbocycles. The number of carbonyl (C=O) groups excluding carboxylic acids is 1. The van der Waals surface area contributed by atoms with Crippen LogP contribution in [0.15, 0.2) is 65.7 Å². The van der Waals surface area contributed by atoms with E-state index in [0.29, 0.717) is 22.5 Å². The highest BCUT2D eigenvalue weighted by Crippen LogP contribution is 2.20. The number of para-hydroxylation sites is 1. The molecule has 0 spiro atoms. The van der Waals surface area contributed by atoms with E-state index >= 15 is 0 Å². The molecule has 2 N–H and O–H groups in total. The molecule has 0 atom stereocenters. The number of carbonyl (C=O) groups is 1. The number of aromatic nitrogens is 4. The fraction of sp³-hybridized carbons (Fsp3) is 0.269. The summed E-state index contributed by atoms with van der Waals surface area (Å²) in [6.45, 7) is 8.12. The van der Waals surface area contributed by atoms with Crippen LogP contribution in [0.4, 0.5) is 23.1 Å². The third-order valence-corrected chi connectivity index (χ3v) is 5.66. The highest BCUT2D eigenvalue weighted by atomic mass is 16.2. The second-order valence-corrected chi connectivity index (χ2v) is 8.12. The van der Waals surface area contributed by atoms with Crippen LogP contribution in [0.1, 0.15) is 26.0 Å². The standard InChI is InChI=1S/C26H29N7O2/c1-4-32(5-2)23-16-18(3)28-26(31-23)30-20-12-10-19(11-13-20)29-24(34)14-15-33-17-27-22-9-7-6-8-21(22)25(33)35/h6-13,16-17H,4-5,14-15H2,1-3H3,(H,29,34)(H,28,30,31). The monoisotopic (exact) mass is 471 g/mol. The third-order valence-electron chi connectivity index (χ3n) is 5.66. The average Bonchev–Trinajstić information content (AvgIpc) is 2.85. The van der Waals surface area contributed by atoms with Crippen molar-refractivity contribution in [3.63, 3.8) is 0 Å². The molecule has 0 bridgehead atoms. The van der Waals surface area contributed by atoms with Crippen molar-refractivity contribution in [1.82, 2.24) is 19.5 Å². The maximum absolute atomic E-state index is 12.6. The van der Waals surface area contributed by atoms with Crippen LogP contribution in [0.5, 0.6) is 0 Å². The molecule has 0 fully saturated rings. The van der Waals surface area contributed by atoms with Gasteiger partial charge in [0.1, 0.15) is 5.82 Å². The first-order valence-corrected chi connectivity index (χ1v) is 11.7. The van der Waals surface area contributed by atoms with Crippen LogP contribution in [0.2, 0.25) is 0 Å². The van der Waals surface area contributed by atoms with E-state index in [4.69, 9.17) is 0 Å². The zero-order valence-corrected chi connectivity index (χ0v) is 20.2. The van der Waals surface area contributed by atoms with Crippen molar-refractivity contribution in [2.24, 2.45) is 0 Å². The minimum Gasteiger partial charge on any atom is -0.357 e. The van der Waals surface area contributed by atoms with Crippen LogP contribution in [0.25, 0.3) is 10.9 Å². The second-order valence-electron chi connectivity index (χ2n) is 8.12. The molecular formula is C26H29N7O2. The third kappa shape index (κ3) is 5.81. The first-order chi connectivity index (χ1) is 17.0. The lowest BCUT2D eigenvalue weighted by molar-refractivity contribution is -0.116. The summed E-state index contributed by atoms with van der Waals surface area (Å²) in [5.74, 6) is 1.23. The summed E-state index contributed by atoms with van der Waals surface area (Å²) in [5, 5.41) is 6.64. The predicted octanol–water partition coefficient (Wildman–Crippen LogP) is 4.11. The van der Waals surface area contributed by atoms with E-state index in [9.17, 15) is 9.59 Å². The summed E-state index contributed by atoms with van der Waals surface area (Å²) < 4.78 is 1.46. The van der Waals surface area contributed by atoms with Gasteiger partial charge >= 0.3 is 0 Å². The molecule has 0 radical (unpaired) electrons. The van der Waals surface area contributed by atoms with Crippen molar-refractivity contribution >= 4 is 40.0 Å². The molecule has 2 heterocycles. The molecule has 0 saturated heterocycles. The van der Waals surface area contributed by atoms with Crippen molar-refractivity contribution in [1.29, 1.82) is 0 Å². The molecule has 0 aliphatic carbocycles. The van der Waals surface area contributed by atoms with Gasteiger partial charge in [-0.05, 0) is 57.2 Å². The van der Waals surface area contributed by atoms with Crippen LogP contribution in [0.3, 0.4) is 0 Å². The normalized spacial score (nSPS) is 10.8. The fourth-order valence-corrected chi connectivity index (χ4v) is 3.79. The Bertz CT molecular complexity index is 1380.